The Kier molecular flexibility index (Phi) is 15.6. The van der Waals surface area contributed by atoms with E-state index in [1.165, 1.54) is 17.7 Å². The van der Waals surface area contributed by atoms with Gasteiger partial charge in [-0.2, -0.15) is 0 Å². The Balaban J connectivity index is 0.000000665. The molecule has 1 N–H and O–H groups in total. The standard InChI is InChI=1S/C15H24N2O2.C8H16O2/c1-5-17(6-2)14-9-7-13(8-10-14)15(18)19-12-11-16(3)4;1-2-3-4-5-6-7-8(9)10/h7-10H,5-6,11-12H2,1-4H3;2-7H2,1H3,(H,9,10). The fourth-order valence-electron chi connectivity index (χ4n) is 2.70. The Hall–Kier alpha value is -2.08. The predicted octanol–water partition coefficient (Wildman–Crippen LogP) is 1.93. The average molecular weight is 409 g/mol. The molecular weight excluding hydrogens is 368 g/mol. The Bertz CT molecular complexity index is 555. The van der Waals surface area contributed by atoms with Crippen molar-refractivity contribution >= 4 is 17.6 Å². The van der Waals surface area contributed by atoms with Crippen molar-refractivity contribution in [2.24, 2.45) is 0 Å². The SMILES string of the molecule is CCCCCCCC(=O)[O-].CCN(CC)c1ccc(C(=O)OCC[NH+](C)C)cc1. The van der Waals surface area contributed by atoms with Crippen molar-refractivity contribution < 1.29 is 24.3 Å². The molecule has 0 aliphatic carbocycles. The number of nitrogens with one attached hydrogen (secondary N) is 1. The number of nitrogens with zero attached hydrogens (tertiary/aromatic N) is 1. The summed E-state index contributed by atoms with van der Waals surface area (Å²) in [7, 11) is 4.07. The Morgan fingerprint density at radius 1 is 0.966 bits per heavy atom. The molecule has 29 heavy (non-hydrogen) atoms. The molecule has 0 aliphatic heterocycles. The topological polar surface area (TPSA) is 74.1 Å². The van der Waals surface area contributed by atoms with Crippen LogP contribution in [0.1, 0.15) is 69.7 Å². The van der Waals surface area contributed by atoms with Crippen molar-refractivity contribution in [1.82, 2.24) is 0 Å². The summed E-state index contributed by atoms with van der Waals surface area (Å²) in [6.45, 7) is 9.59. The molecule has 0 aliphatic rings. The van der Waals surface area contributed by atoms with Crippen LogP contribution in [0.2, 0.25) is 0 Å². The molecule has 6 heteroatoms. The number of quaternary nitrogens is 1. The number of carboxylic acid groups (broad SMARTS) is 1. The summed E-state index contributed by atoms with van der Waals surface area (Å²) < 4.78 is 5.22. The summed E-state index contributed by atoms with van der Waals surface area (Å²) >= 11 is 0. The van der Waals surface area contributed by atoms with Gasteiger partial charge in [-0.15, -0.1) is 0 Å². The van der Waals surface area contributed by atoms with Crippen LogP contribution in [0, 0.1) is 0 Å². The summed E-state index contributed by atoms with van der Waals surface area (Å²) in [6, 6.07) is 7.61. The number of likely N-dealkylation sites (N-methyl/N-ethyl adjacent to an activating group) is 1. The average Bonchev–Trinajstić information content (AvgIpc) is 2.69. The van der Waals surface area contributed by atoms with Crippen LogP contribution >= 0.6 is 0 Å². The first-order valence-electron chi connectivity index (χ1n) is 10.9. The van der Waals surface area contributed by atoms with Gasteiger partial charge < -0.3 is 24.4 Å². The number of unbranched alkanes of at least 4 members (excludes halogenated alkanes) is 4. The molecule has 0 spiro atoms. The first kappa shape index (κ1) is 26.9. The van der Waals surface area contributed by atoms with Crippen molar-refractivity contribution in [1.29, 1.82) is 0 Å². The first-order valence-corrected chi connectivity index (χ1v) is 10.9. The number of ether oxygens (including phenoxy) is 1. The van der Waals surface area contributed by atoms with E-state index < -0.39 is 5.97 Å². The van der Waals surface area contributed by atoms with Gasteiger partial charge in [0, 0.05) is 24.7 Å². The predicted molar refractivity (Wildman–Crippen MR) is 116 cm³/mol. The van der Waals surface area contributed by atoms with E-state index in [2.05, 4.69) is 25.7 Å². The van der Waals surface area contributed by atoms with Crippen LogP contribution in [0.15, 0.2) is 24.3 Å². The minimum atomic E-state index is -0.920. The number of esters is 1. The van der Waals surface area contributed by atoms with E-state index in [9.17, 15) is 14.7 Å². The second-order valence-electron chi connectivity index (χ2n) is 7.35. The second-order valence-corrected chi connectivity index (χ2v) is 7.35. The summed E-state index contributed by atoms with van der Waals surface area (Å²) in [5.74, 6) is -1.16. The lowest BCUT2D eigenvalue weighted by atomic mass is 10.1. The fourth-order valence-corrected chi connectivity index (χ4v) is 2.70. The third-order valence-electron chi connectivity index (χ3n) is 4.55. The third kappa shape index (κ3) is 13.7. The minimum absolute atomic E-state index is 0.226. The van der Waals surface area contributed by atoms with Crippen LogP contribution in [-0.2, 0) is 9.53 Å². The van der Waals surface area contributed by atoms with E-state index in [0.29, 0.717) is 12.2 Å². The van der Waals surface area contributed by atoms with E-state index in [-0.39, 0.29) is 12.4 Å². The number of anilines is 1. The van der Waals surface area contributed by atoms with Crippen molar-refractivity contribution in [2.45, 2.75) is 59.3 Å². The van der Waals surface area contributed by atoms with Gasteiger partial charge >= 0.3 is 5.97 Å². The summed E-state index contributed by atoms with van der Waals surface area (Å²) in [4.78, 5) is 25.2. The molecule has 0 radical (unpaired) electrons. The van der Waals surface area contributed by atoms with Gasteiger partial charge in [0.25, 0.3) is 0 Å². The number of benzene rings is 1. The minimum Gasteiger partial charge on any atom is -0.550 e. The van der Waals surface area contributed by atoms with E-state index in [0.717, 1.165) is 44.6 Å². The van der Waals surface area contributed by atoms with Crippen LogP contribution in [0.5, 0.6) is 0 Å². The van der Waals surface area contributed by atoms with Crippen LogP contribution in [0.3, 0.4) is 0 Å². The smallest absolute Gasteiger partial charge is 0.338 e. The van der Waals surface area contributed by atoms with Crippen LogP contribution < -0.4 is 14.9 Å². The largest absolute Gasteiger partial charge is 0.550 e. The van der Waals surface area contributed by atoms with Crippen molar-refractivity contribution in [2.75, 3.05) is 45.2 Å². The van der Waals surface area contributed by atoms with Gasteiger partial charge in [-0.05, 0) is 51.0 Å². The Morgan fingerprint density at radius 2 is 1.55 bits per heavy atom. The van der Waals surface area contributed by atoms with Gasteiger partial charge in [-0.3, -0.25) is 0 Å². The lowest BCUT2D eigenvalue weighted by Gasteiger charge is -2.20. The molecule has 0 saturated heterocycles. The maximum Gasteiger partial charge on any atom is 0.338 e. The Labute approximate surface area is 176 Å². The quantitative estimate of drug-likeness (QED) is 0.399. The molecule has 0 atom stereocenters. The van der Waals surface area contributed by atoms with Crippen LogP contribution in [0.25, 0.3) is 0 Å². The Morgan fingerprint density at radius 3 is 2.03 bits per heavy atom. The second kappa shape index (κ2) is 16.8. The zero-order valence-electron chi connectivity index (χ0n) is 19.0. The van der Waals surface area contributed by atoms with Crippen molar-refractivity contribution in [3.8, 4) is 0 Å². The molecular formula is C23H40N2O4. The number of hydrogen-bond acceptors (Lipinski definition) is 5. The monoisotopic (exact) mass is 408 g/mol. The summed E-state index contributed by atoms with van der Waals surface area (Å²) in [5, 5.41) is 9.92. The van der Waals surface area contributed by atoms with Crippen LogP contribution in [0.4, 0.5) is 5.69 Å². The normalized spacial score (nSPS) is 10.3. The van der Waals surface area contributed by atoms with Gasteiger partial charge in [-0.25, -0.2) is 4.79 Å². The molecule has 1 aromatic carbocycles. The highest BCUT2D eigenvalue weighted by molar-refractivity contribution is 5.89. The zero-order valence-corrected chi connectivity index (χ0v) is 19.0. The molecule has 6 nitrogen and oxygen atoms in total. The number of rotatable bonds is 13. The summed E-state index contributed by atoms with van der Waals surface area (Å²) in [6.07, 6.45) is 5.61. The molecule has 0 fully saturated rings. The molecule has 0 heterocycles. The van der Waals surface area contributed by atoms with E-state index in [1.54, 1.807) is 0 Å². The molecule has 1 aromatic rings. The van der Waals surface area contributed by atoms with Crippen LogP contribution in [-0.4, -0.2) is 52.3 Å². The molecule has 0 amide bonds. The van der Waals surface area contributed by atoms with Gasteiger partial charge in [0.1, 0.15) is 13.2 Å². The lowest BCUT2D eigenvalue weighted by molar-refractivity contribution is -0.858. The molecule has 0 saturated carbocycles. The van der Waals surface area contributed by atoms with E-state index in [4.69, 9.17) is 4.74 Å². The highest BCUT2D eigenvalue weighted by Gasteiger charge is 2.09. The van der Waals surface area contributed by atoms with Gasteiger partial charge in [-0.1, -0.05) is 32.6 Å². The highest BCUT2D eigenvalue weighted by Crippen LogP contribution is 2.15. The van der Waals surface area contributed by atoms with Gasteiger partial charge in [0.15, 0.2) is 0 Å². The maximum atomic E-state index is 11.8. The number of carbonyl (C=O) groups is 2. The van der Waals surface area contributed by atoms with E-state index in [1.807, 2.05) is 38.4 Å². The van der Waals surface area contributed by atoms with Crippen molar-refractivity contribution in [3.05, 3.63) is 29.8 Å². The number of carbonyl (C=O) groups excluding carboxylic acids is 2. The lowest BCUT2D eigenvalue weighted by Crippen LogP contribution is -3.06. The zero-order chi connectivity index (χ0) is 22.1. The molecule has 0 unspecified atom stereocenters. The molecule has 0 aromatic heterocycles. The van der Waals surface area contributed by atoms with E-state index >= 15 is 0 Å². The fraction of sp³-hybridized carbons (Fsp3) is 0.652. The highest BCUT2D eigenvalue weighted by atomic mass is 16.5. The molecule has 0 bridgehead atoms. The number of aliphatic carboxylic acids is 1. The van der Waals surface area contributed by atoms with Gasteiger partial charge in [0.2, 0.25) is 0 Å². The van der Waals surface area contributed by atoms with Crippen molar-refractivity contribution in [3.63, 3.8) is 0 Å². The molecule has 1 rings (SSSR count). The number of hydrogen-bond donors (Lipinski definition) is 1. The van der Waals surface area contributed by atoms with Gasteiger partial charge in [0.05, 0.1) is 19.7 Å². The molecule has 166 valence electrons. The number of carboxylic acids is 1. The third-order valence-corrected chi connectivity index (χ3v) is 4.55. The first-order chi connectivity index (χ1) is 13.8. The summed E-state index contributed by atoms with van der Waals surface area (Å²) in [5.41, 5.74) is 1.75. The maximum absolute atomic E-state index is 11.8.